The molecule has 3 nitrogen and oxygen atoms in total. The van der Waals surface area contributed by atoms with Crippen LogP contribution in [0.5, 0.6) is 5.75 Å². The van der Waals surface area contributed by atoms with E-state index in [2.05, 4.69) is 20.9 Å². The average molecular weight is 254 g/mol. The Balaban J connectivity index is 3.30. The summed E-state index contributed by atoms with van der Waals surface area (Å²) in [4.78, 5) is 3.56. The van der Waals surface area contributed by atoms with E-state index in [1.165, 1.54) is 0 Å². The van der Waals surface area contributed by atoms with Gasteiger partial charge in [0.05, 0.1) is 28.5 Å². The molecule has 0 unspecified atom stereocenters. The van der Waals surface area contributed by atoms with Crippen molar-refractivity contribution in [2.24, 2.45) is 0 Å². The molecule has 1 aromatic rings. The normalized spacial score (nSPS) is 10.8. The van der Waals surface area contributed by atoms with Crippen molar-refractivity contribution in [1.82, 2.24) is 4.98 Å². The van der Waals surface area contributed by atoms with Gasteiger partial charge in [0.2, 0.25) is 0 Å². The van der Waals surface area contributed by atoms with Crippen molar-refractivity contribution < 1.29 is 19.0 Å². The SMILES string of the molecule is OCc1ncc(O)c(C(F)F)c1Br. The van der Waals surface area contributed by atoms with E-state index in [-0.39, 0.29) is 10.2 Å². The van der Waals surface area contributed by atoms with Crippen LogP contribution in [0, 0.1) is 0 Å². The van der Waals surface area contributed by atoms with Crippen molar-refractivity contribution in [1.29, 1.82) is 0 Å². The Morgan fingerprint density at radius 3 is 2.62 bits per heavy atom. The summed E-state index contributed by atoms with van der Waals surface area (Å²) in [6.45, 7) is -0.458. The Kier molecular flexibility index (Phi) is 3.16. The highest BCUT2D eigenvalue weighted by Crippen LogP contribution is 2.35. The van der Waals surface area contributed by atoms with Crippen molar-refractivity contribution >= 4 is 15.9 Å². The van der Waals surface area contributed by atoms with Gasteiger partial charge in [-0.05, 0) is 15.9 Å². The van der Waals surface area contributed by atoms with Crippen LogP contribution in [0.1, 0.15) is 17.7 Å². The van der Waals surface area contributed by atoms with Gasteiger partial charge in [-0.15, -0.1) is 0 Å². The largest absolute Gasteiger partial charge is 0.506 e. The summed E-state index contributed by atoms with van der Waals surface area (Å²) in [6, 6.07) is 0. The number of halogens is 3. The standard InChI is InChI=1S/C7H6BrF2NO2/c8-6-3(2-12)11-1-4(13)5(6)7(9)10/h1,7,12-13H,2H2. The number of aliphatic hydroxyl groups excluding tert-OH is 1. The zero-order chi connectivity index (χ0) is 10.0. The van der Waals surface area contributed by atoms with Gasteiger partial charge in [0.25, 0.3) is 6.43 Å². The second-order valence-corrected chi connectivity index (χ2v) is 3.07. The molecule has 0 aliphatic heterocycles. The van der Waals surface area contributed by atoms with E-state index in [0.29, 0.717) is 0 Å². The molecule has 1 heterocycles. The summed E-state index contributed by atoms with van der Waals surface area (Å²) in [5.41, 5.74) is -0.466. The minimum Gasteiger partial charge on any atom is -0.506 e. The van der Waals surface area contributed by atoms with Crippen LogP contribution >= 0.6 is 15.9 Å². The van der Waals surface area contributed by atoms with E-state index in [9.17, 15) is 8.78 Å². The van der Waals surface area contributed by atoms with Crippen molar-refractivity contribution in [2.75, 3.05) is 0 Å². The molecule has 0 aliphatic carbocycles. The van der Waals surface area contributed by atoms with Crippen LogP contribution in [-0.2, 0) is 6.61 Å². The summed E-state index contributed by atoms with van der Waals surface area (Å²) in [5.74, 6) is -0.584. The maximum atomic E-state index is 12.3. The van der Waals surface area contributed by atoms with Gasteiger partial charge in [-0.3, -0.25) is 4.98 Å². The van der Waals surface area contributed by atoms with Crippen LogP contribution in [0.4, 0.5) is 8.78 Å². The smallest absolute Gasteiger partial charge is 0.268 e. The van der Waals surface area contributed by atoms with Crippen molar-refractivity contribution in [3.05, 3.63) is 21.9 Å². The summed E-state index contributed by atoms with van der Waals surface area (Å²) in [7, 11) is 0. The third-order valence-electron chi connectivity index (χ3n) is 1.48. The lowest BCUT2D eigenvalue weighted by atomic mass is 10.2. The second kappa shape index (κ2) is 3.97. The molecule has 0 spiro atoms. The van der Waals surface area contributed by atoms with Crippen molar-refractivity contribution in [2.45, 2.75) is 13.0 Å². The van der Waals surface area contributed by atoms with Crippen molar-refractivity contribution in [3.8, 4) is 5.75 Å². The maximum absolute atomic E-state index is 12.3. The van der Waals surface area contributed by atoms with E-state index in [0.717, 1.165) is 6.20 Å². The molecule has 6 heteroatoms. The molecule has 2 N–H and O–H groups in total. The Bertz CT molecular complexity index is 320. The monoisotopic (exact) mass is 253 g/mol. The third-order valence-corrected chi connectivity index (χ3v) is 2.36. The Hall–Kier alpha value is -0.750. The number of aromatic hydroxyl groups is 1. The van der Waals surface area contributed by atoms with Gasteiger partial charge in [0, 0.05) is 0 Å². The number of aromatic nitrogens is 1. The summed E-state index contributed by atoms with van der Waals surface area (Å²) < 4.78 is 24.6. The van der Waals surface area contributed by atoms with Crippen LogP contribution < -0.4 is 0 Å². The number of pyridine rings is 1. The minimum atomic E-state index is -2.80. The van der Waals surface area contributed by atoms with Gasteiger partial charge >= 0.3 is 0 Å². The van der Waals surface area contributed by atoms with Crippen LogP contribution in [0.2, 0.25) is 0 Å². The number of rotatable bonds is 2. The number of alkyl halides is 2. The van der Waals surface area contributed by atoms with Crippen LogP contribution in [0.3, 0.4) is 0 Å². The molecule has 0 atom stereocenters. The lowest BCUT2D eigenvalue weighted by Gasteiger charge is -2.08. The highest BCUT2D eigenvalue weighted by Gasteiger charge is 2.19. The molecule has 0 fully saturated rings. The lowest BCUT2D eigenvalue weighted by molar-refractivity contribution is 0.146. The van der Waals surface area contributed by atoms with Crippen LogP contribution in [0.15, 0.2) is 10.7 Å². The molecule has 0 aliphatic rings. The molecule has 0 bridgehead atoms. The van der Waals surface area contributed by atoms with Gasteiger partial charge < -0.3 is 10.2 Å². The molecule has 0 amide bonds. The summed E-state index contributed by atoms with van der Waals surface area (Å²) in [6.07, 6.45) is -1.92. The zero-order valence-corrected chi connectivity index (χ0v) is 7.92. The zero-order valence-electron chi connectivity index (χ0n) is 6.34. The molecule has 0 saturated heterocycles. The fraction of sp³-hybridized carbons (Fsp3) is 0.286. The molecule has 1 aromatic heterocycles. The Morgan fingerprint density at radius 2 is 2.15 bits per heavy atom. The lowest BCUT2D eigenvalue weighted by Crippen LogP contribution is -1.97. The second-order valence-electron chi connectivity index (χ2n) is 2.28. The number of hydrogen-bond donors (Lipinski definition) is 2. The van der Waals surface area contributed by atoms with Gasteiger partial charge in [0.15, 0.2) is 0 Å². The first-order valence-electron chi connectivity index (χ1n) is 3.33. The molecule has 1 rings (SSSR count). The van der Waals surface area contributed by atoms with Gasteiger partial charge in [-0.2, -0.15) is 0 Å². The van der Waals surface area contributed by atoms with Gasteiger partial charge in [-0.1, -0.05) is 0 Å². The van der Waals surface area contributed by atoms with Crippen LogP contribution in [-0.4, -0.2) is 15.2 Å². The maximum Gasteiger partial charge on any atom is 0.268 e. The minimum absolute atomic E-state index is 0.0509. The molecule has 0 saturated carbocycles. The Labute approximate surface area is 81.2 Å². The first-order chi connectivity index (χ1) is 6.07. The molecule has 0 radical (unpaired) electrons. The molecular formula is C7H6BrF2NO2. The van der Waals surface area contributed by atoms with E-state index in [1.807, 2.05) is 0 Å². The number of nitrogens with zero attached hydrogens (tertiary/aromatic N) is 1. The number of aliphatic hydroxyl groups is 1. The van der Waals surface area contributed by atoms with Crippen LogP contribution in [0.25, 0.3) is 0 Å². The van der Waals surface area contributed by atoms with Gasteiger partial charge in [0.1, 0.15) is 5.75 Å². The summed E-state index contributed by atoms with van der Waals surface area (Å²) >= 11 is 2.83. The topological polar surface area (TPSA) is 53.4 Å². The van der Waals surface area contributed by atoms with E-state index in [1.54, 1.807) is 0 Å². The average Bonchev–Trinajstić information content (AvgIpc) is 2.04. The van der Waals surface area contributed by atoms with E-state index < -0.39 is 24.3 Å². The van der Waals surface area contributed by atoms with E-state index >= 15 is 0 Å². The first-order valence-corrected chi connectivity index (χ1v) is 4.12. The van der Waals surface area contributed by atoms with Crippen molar-refractivity contribution in [3.63, 3.8) is 0 Å². The highest BCUT2D eigenvalue weighted by atomic mass is 79.9. The first kappa shape index (κ1) is 10.3. The fourth-order valence-electron chi connectivity index (χ4n) is 0.851. The van der Waals surface area contributed by atoms with Gasteiger partial charge in [-0.25, -0.2) is 8.78 Å². The fourth-order valence-corrected chi connectivity index (χ4v) is 1.45. The number of hydrogen-bond acceptors (Lipinski definition) is 3. The Morgan fingerprint density at radius 1 is 1.54 bits per heavy atom. The predicted molar refractivity (Wildman–Crippen MR) is 44.5 cm³/mol. The summed E-state index contributed by atoms with van der Waals surface area (Å²) in [5, 5.41) is 17.7. The van der Waals surface area contributed by atoms with E-state index in [4.69, 9.17) is 10.2 Å². The molecular weight excluding hydrogens is 248 g/mol. The molecule has 13 heavy (non-hydrogen) atoms. The molecule has 0 aromatic carbocycles. The highest BCUT2D eigenvalue weighted by molar-refractivity contribution is 9.10. The third kappa shape index (κ3) is 1.94. The quantitative estimate of drug-likeness (QED) is 0.848. The predicted octanol–water partition coefficient (Wildman–Crippen LogP) is 1.98. The molecule has 72 valence electrons.